The summed E-state index contributed by atoms with van der Waals surface area (Å²) in [6.07, 6.45) is -1.11. The number of nitrogens with one attached hydrogen (secondary N) is 1. The summed E-state index contributed by atoms with van der Waals surface area (Å²) >= 11 is 0. The van der Waals surface area contributed by atoms with Crippen molar-refractivity contribution in [2.75, 3.05) is 19.7 Å². The van der Waals surface area contributed by atoms with E-state index in [4.69, 9.17) is 14.2 Å². The second kappa shape index (κ2) is 11.1. The second-order valence-electron chi connectivity index (χ2n) is 10.2. The van der Waals surface area contributed by atoms with E-state index in [0.717, 1.165) is 11.1 Å². The number of hydrogen-bond donors (Lipinski definition) is 1. The van der Waals surface area contributed by atoms with E-state index in [1.165, 1.54) is 17.0 Å². The van der Waals surface area contributed by atoms with E-state index in [9.17, 15) is 20.1 Å². The molecule has 1 fully saturated rings. The molecule has 2 aliphatic rings. The number of benzene rings is 2. The van der Waals surface area contributed by atoms with Crippen LogP contribution in [0, 0.1) is 28.5 Å². The quantitative estimate of drug-likeness (QED) is 0.650. The van der Waals surface area contributed by atoms with Crippen LogP contribution in [0.5, 0.6) is 5.75 Å². The van der Waals surface area contributed by atoms with Gasteiger partial charge in [-0.1, -0.05) is 6.07 Å². The van der Waals surface area contributed by atoms with Crippen LogP contribution in [-0.4, -0.2) is 54.3 Å². The van der Waals surface area contributed by atoms with Crippen molar-refractivity contribution in [2.45, 2.75) is 58.0 Å². The van der Waals surface area contributed by atoms with Gasteiger partial charge in [-0.25, -0.2) is 9.18 Å². The standard InChI is InChI=1S/C28H29FN4O5/c1-28(2,3)38-27(35)33-7-4-8-36-25(15-33)26(34)32-20(14-31)10-19-11-24-22(12-23(19)29)21-9-17(13-30)5-6-18(21)16-37-24/h5-6,9,11-12,20,25H,4,7-8,10,15-16H2,1-3H3,(H,32,34)/t20?,25-/m0/s1. The molecule has 0 bridgehead atoms. The molecule has 2 atom stereocenters. The third kappa shape index (κ3) is 6.21. The van der Waals surface area contributed by atoms with E-state index in [1.807, 2.05) is 6.07 Å². The van der Waals surface area contributed by atoms with Crippen LogP contribution < -0.4 is 10.1 Å². The summed E-state index contributed by atoms with van der Waals surface area (Å²) in [5.74, 6) is -0.689. The minimum atomic E-state index is -1.04. The summed E-state index contributed by atoms with van der Waals surface area (Å²) in [5, 5.41) is 21.5. The maximum atomic E-state index is 15.1. The lowest BCUT2D eigenvalue weighted by atomic mass is 9.93. The minimum Gasteiger partial charge on any atom is -0.488 e. The van der Waals surface area contributed by atoms with Crippen LogP contribution >= 0.6 is 0 Å². The zero-order valence-electron chi connectivity index (χ0n) is 21.5. The number of fused-ring (bicyclic) bond motifs is 3. The summed E-state index contributed by atoms with van der Waals surface area (Å²) in [6, 6.07) is 11.1. The first kappa shape index (κ1) is 26.9. The minimum absolute atomic E-state index is 0.0238. The van der Waals surface area contributed by atoms with Crippen LogP contribution in [0.2, 0.25) is 0 Å². The van der Waals surface area contributed by atoms with E-state index in [-0.39, 0.29) is 31.7 Å². The fourth-order valence-corrected chi connectivity index (χ4v) is 4.35. The number of carbonyl (C=O) groups excluding carboxylic acids is 2. The second-order valence-corrected chi connectivity index (χ2v) is 10.2. The molecule has 198 valence electrons. The molecule has 1 unspecified atom stereocenters. The van der Waals surface area contributed by atoms with Gasteiger partial charge in [-0.15, -0.1) is 0 Å². The Labute approximate surface area is 220 Å². The van der Waals surface area contributed by atoms with Crippen LogP contribution in [0.25, 0.3) is 11.1 Å². The Morgan fingerprint density at radius 1 is 1.24 bits per heavy atom. The zero-order chi connectivity index (χ0) is 27.4. The van der Waals surface area contributed by atoms with Gasteiger partial charge in [-0.2, -0.15) is 10.5 Å². The molecule has 2 amide bonds. The largest absolute Gasteiger partial charge is 0.488 e. The topological polar surface area (TPSA) is 125 Å². The van der Waals surface area contributed by atoms with Crippen molar-refractivity contribution in [2.24, 2.45) is 0 Å². The Kier molecular flexibility index (Phi) is 7.84. The third-order valence-corrected chi connectivity index (χ3v) is 6.18. The molecule has 0 radical (unpaired) electrons. The smallest absolute Gasteiger partial charge is 0.410 e. The van der Waals surface area contributed by atoms with Gasteiger partial charge >= 0.3 is 6.09 Å². The number of halogens is 1. The first-order valence-corrected chi connectivity index (χ1v) is 12.4. The molecule has 2 aromatic rings. The Bertz CT molecular complexity index is 1320. The van der Waals surface area contributed by atoms with Crippen LogP contribution in [0.15, 0.2) is 30.3 Å². The van der Waals surface area contributed by atoms with Crippen molar-refractivity contribution in [1.82, 2.24) is 10.2 Å². The van der Waals surface area contributed by atoms with Gasteiger partial charge in [0, 0.05) is 25.1 Å². The molecule has 0 saturated carbocycles. The van der Waals surface area contributed by atoms with Gasteiger partial charge in [0.1, 0.15) is 29.8 Å². The van der Waals surface area contributed by atoms with Gasteiger partial charge in [-0.3, -0.25) is 4.79 Å². The van der Waals surface area contributed by atoms with E-state index >= 15 is 4.39 Å². The molecule has 2 aromatic carbocycles. The first-order valence-electron chi connectivity index (χ1n) is 12.4. The van der Waals surface area contributed by atoms with E-state index in [2.05, 4.69) is 11.4 Å². The molecule has 10 heteroatoms. The van der Waals surface area contributed by atoms with Crippen LogP contribution in [0.1, 0.15) is 43.9 Å². The summed E-state index contributed by atoms with van der Waals surface area (Å²) in [5.41, 5.74) is 2.06. The van der Waals surface area contributed by atoms with Crippen molar-refractivity contribution in [3.8, 4) is 29.0 Å². The molecule has 4 rings (SSSR count). The Morgan fingerprint density at radius 2 is 2.03 bits per heavy atom. The number of amides is 2. The Balaban J connectivity index is 1.46. The normalized spacial score (nSPS) is 17.4. The molecule has 1 N–H and O–H groups in total. The van der Waals surface area contributed by atoms with Crippen LogP contribution in [-0.2, 0) is 27.3 Å². The molecular weight excluding hydrogens is 491 g/mol. The molecular formula is C28H29FN4O5. The molecule has 9 nitrogen and oxygen atoms in total. The van der Waals surface area contributed by atoms with Crippen molar-refractivity contribution in [3.05, 3.63) is 52.8 Å². The molecule has 0 spiro atoms. The van der Waals surface area contributed by atoms with Gasteiger partial charge in [0.05, 0.1) is 24.2 Å². The lowest BCUT2D eigenvalue weighted by Gasteiger charge is -2.28. The number of ether oxygens (including phenoxy) is 3. The summed E-state index contributed by atoms with van der Waals surface area (Å²) in [6.45, 7) is 6.16. The van der Waals surface area contributed by atoms with Gasteiger partial charge in [0.2, 0.25) is 0 Å². The van der Waals surface area contributed by atoms with Crippen LogP contribution in [0.3, 0.4) is 0 Å². The lowest BCUT2D eigenvalue weighted by molar-refractivity contribution is -0.133. The van der Waals surface area contributed by atoms with Gasteiger partial charge in [0.15, 0.2) is 6.10 Å². The number of nitrogens with zero attached hydrogens (tertiary/aromatic N) is 3. The van der Waals surface area contributed by atoms with Gasteiger partial charge < -0.3 is 24.4 Å². The SMILES string of the molecule is CC(C)(C)OC(=O)N1CCCO[C@H](C(=O)NC(C#N)Cc2cc3c(cc2F)-c2cc(C#N)ccc2CO3)C1. The van der Waals surface area contributed by atoms with Gasteiger partial charge in [0.25, 0.3) is 5.91 Å². The fraction of sp³-hybridized carbons (Fsp3) is 0.429. The molecule has 38 heavy (non-hydrogen) atoms. The predicted octanol–water partition coefficient (Wildman–Crippen LogP) is 3.83. The van der Waals surface area contributed by atoms with Crippen LogP contribution in [0.4, 0.5) is 9.18 Å². The zero-order valence-corrected chi connectivity index (χ0v) is 21.5. The highest BCUT2D eigenvalue weighted by Crippen LogP contribution is 2.39. The van der Waals surface area contributed by atoms with Gasteiger partial charge in [-0.05, 0) is 68.1 Å². The number of carbonyl (C=O) groups is 2. The number of hydrogen-bond acceptors (Lipinski definition) is 7. The molecule has 1 saturated heterocycles. The fourth-order valence-electron chi connectivity index (χ4n) is 4.35. The average Bonchev–Trinajstić information content (AvgIpc) is 3.14. The van der Waals surface area contributed by atoms with Crippen molar-refractivity contribution in [1.29, 1.82) is 10.5 Å². The first-order chi connectivity index (χ1) is 18.1. The molecule has 0 aliphatic carbocycles. The highest BCUT2D eigenvalue weighted by molar-refractivity contribution is 5.82. The lowest BCUT2D eigenvalue weighted by Crippen LogP contribution is -2.48. The van der Waals surface area contributed by atoms with E-state index in [1.54, 1.807) is 39.0 Å². The predicted molar refractivity (Wildman–Crippen MR) is 134 cm³/mol. The summed E-state index contributed by atoms with van der Waals surface area (Å²) < 4.78 is 32.0. The maximum absolute atomic E-state index is 15.1. The summed E-state index contributed by atoms with van der Waals surface area (Å²) in [4.78, 5) is 26.9. The Hall–Kier alpha value is -4.15. The highest BCUT2D eigenvalue weighted by Gasteiger charge is 2.31. The average molecular weight is 521 g/mol. The molecule has 2 heterocycles. The maximum Gasteiger partial charge on any atom is 0.410 e. The third-order valence-electron chi connectivity index (χ3n) is 6.18. The molecule has 2 aliphatic heterocycles. The Morgan fingerprint density at radius 3 is 2.74 bits per heavy atom. The van der Waals surface area contributed by atoms with Crippen molar-refractivity contribution >= 4 is 12.0 Å². The van der Waals surface area contributed by atoms with Crippen molar-refractivity contribution in [3.63, 3.8) is 0 Å². The van der Waals surface area contributed by atoms with E-state index < -0.39 is 35.6 Å². The van der Waals surface area contributed by atoms with Crippen molar-refractivity contribution < 1.29 is 28.2 Å². The molecule has 0 aromatic heterocycles. The van der Waals surface area contributed by atoms with E-state index in [0.29, 0.717) is 29.8 Å². The number of rotatable bonds is 4. The highest BCUT2D eigenvalue weighted by atomic mass is 19.1. The summed E-state index contributed by atoms with van der Waals surface area (Å²) in [7, 11) is 0. The number of nitriles is 2. The monoisotopic (exact) mass is 520 g/mol.